The first-order chi connectivity index (χ1) is 9.21. The molecule has 1 rings (SSSR count). The summed E-state index contributed by atoms with van der Waals surface area (Å²) in [6, 6.07) is 1.75. The normalized spacial score (nSPS) is 9.16. The number of aliphatic hydroxyl groups is 1. The first-order valence-electron chi connectivity index (χ1n) is 6.32. The Kier molecular flexibility index (Phi) is 10.1. The predicted molar refractivity (Wildman–Crippen MR) is 70.5 cm³/mol. The number of H-pyrrole nitrogens is 1. The summed E-state index contributed by atoms with van der Waals surface area (Å²) >= 11 is 0. The summed E-state index contributed by atoms with van der Waals surface area (Å²) in [5, 5.41) is 16.0. The molecule has 1 aromatic heterocycles. The highest BCUT2D eigenvalue weighted by Gasteiger charge is 2.14. The van der Waals surface area contributed by atoms with Crippen LogP contribution in [0.5, 0.6) is 0 Å². The minimum absolute atomic E-state index is 0.216. The molecular weight excluding hydrogens is 246 g/mol. The number of imidazole rings is 1. The minimum Gasteiger partial charge on any atom is -0.461 e. The molecular formula is C13H21N3O3. The van der Waals surface area contributed by atoms with E-state index in [1.807, 2.05) is 0 Å². The van der Waals surface area contributed by atoms with Crippen LogP contribution in [-0.2, 0) is 11.2 Å². The molecule has 1 heterocycles. The fourth-order valence-electron chi connectivity index (χ4n) is 1.48. The summed E-state index contributed by atoms with van der Waals surface area (Å²) in [5.74, 6) is -0.374. The molecule has 19 heavy (non-hydrogen) atoms. The number of hydrogen-bond acceptors (Lipinski definition) is 5. The van der Waals surface area contributed by atoms with Crippen LogP contribution in [-0.4, -0.2) is 34.3 Å². The molecule has 0 saturated heterocycles. The Morgan fingerprint density at radius 1 is 1.53 bits per heavy atom. The van der Waals surface area contributed by atoms with Crippen LogP contribution in [0.25, 0.3) is 0 Å². The van der Waals surface area contributed by atoms with E-state index in [1.165, 1.54) is 13.3 Å². The molecule has 6 heteroatoms. The van der Waals surface area contributed by atoms with Crippen molar-refractivity contribution in [2.75, 3.05) is 13.2 Å². The van der Waals surface area contributed by atoms with Gasteiger partial charge in [-0.2, -0.15) is 5.26 Å². The number of aryl methyl sites for hydroxylation is 1. The average Bonchev–Trinajstić information content (AvgIpc) is 2.84. The molecule has 2 N–H and O–H groups in total. The second-order valence-corrected chi connectivity index (χ2v) is 3.71. The molecule has 0 spiro atoms. The lowest BCUT2D eigenvalue weighted by Gasteiger charge is -2.02. The van der Waals surface area contributed by atoms with Crippen LogP contribution in [0, 0.1) is 11.3 Å². The van der Waals surface area contributed by atoms with Gasteiger partial charge < -0.3 is 14.8 Å². The lowest BCUT2D eigenvalue weighted by atomic mass is 10.1. The zero-order valence-electron chi connectivity index (χ0n) is 11.5. The van der Waals surface area contributed by atoms with Crippen LogP contribution < -0.4 is 0 Å². The molecule has 0 bridgehead atoms. The highest BCUT2D eigenvalue weighted by Crippen LogP contribution is 2.09. The number of aromatic nitrogens is 2. The summed E-state index contributed by atoms with van der Waals surface area (Å²) in [4.78, 5) is 18.4. The van der Waals surface area contributed by atoms with Gasteiger partial charge in [0.1, 0.15) is 0 Å². The van der Waals surface area contributed by atoms with Crippen molar-refractivity contribution in [3.8, 4) is 6.07 Å². The lowest BCUT2D eigenvalue weighted by molar-refractivity contribution is 0.0518. The van der Waals surface area contributed by atoms with Crippen LogP contribution >= 0.6 is 0 Å². The Balaban J connectivity index is 0.000000982. The topological polar surface area (TPSA) is 99.0 Å². The number of ether oxygens (including phenoxy) is 1. The van der Waals surface area contributed by atoms with Gasteiger partial charge in [-0.25, -0.2) is 9.78 Å². The minimum atomic E-state index is -0.374. The number of carbonyl (C=O) groups is 1. The van der Waals surface area contributed by atoms with E-state index in [-0.39, 0.29) is 12.6 Å². The number of unbranched alkanes of at least 4 members (excludes halogenated alkanes) is 2. The Morgan fingerprint density at radius 2 is 2.21 bits per heavy atom. The van der Waals surface area contributed by atoms with Gasteiger partial charge in [-0.3, -0.25) is 0 Å². The van der Waals surface area contributed by atoms with Gasteiger partial charge in [0.15, 0.2) is 5.69 Å². The van der Waals surface area contributed by atoms with Crippen molar-refractivity contribution in [2.24, 2.45) is 0 Å². The van der Waals surface area contributed by atoms with Gasteiger partial charge in [0.2, 0.25) is 0 Å². The van der Waals surface area contributed by atoms with Gasteiger partial charge in [0.25, 0.3) is 0 Å². The molecule has 106 valence electrons. The Labute approximate surface area is 113 Å². The number of aromatic amines is 1. The molecule has 0 aromatic carbocycles. The fourth-order valence-corrected chi connectivity index (χ4v) is 1.48. The molecule has 0 aliphatic rings. The molecule has 0 saturated carbocycles. The van der Waals surface area contributed by atoms with Crippen molar-refractivity contribution in [2.45, 2.75) is 39.5 Å². The largest absolute Gasteiger partial charge is 0.461 e. The number of nitriles is 1. The van der Waals surface area contributed by atoms with Crippen LogP contribution in [0.1, 0.15) is 49.3 Å². The number of rotatable bonds is 7. The number of nitrogens with one attached hydrogen (secondary N) is 1. The average molecular weight is 267 g/mol. The zero-order chi connectivity index (χ0) is 14.5. The Morgan fingerprint density at radius 3 is 2.79 bits per heavy atom. The third-order valence-electron chi connectivity index (χ3n) is 2.27. The SMILES string of the molecule is CC#N.CCOC(=O)c1nc[nH]c1CCCCCO. The predicted octanol–water partition coefficient (Wildman–Crippen LogP) is 1.82. The van der Waals surface area contributed by atoms with E-state index in [0.717, 1.165) is 31.4 Å². The highest BCUT2D eigenvalue weighted by atomic mass is 16.5. The van der Waals surface area contributed by atoms with Gasteiger partial charge in [-0.1, -0.05) is 6.42 Å². The molecule has 0 atom stereocenters. The molecule has 0 fully saturated rings. The maximum absolute atomic E-state index is 11.5. The number of carbonyl (C=O) groups excluding carboxylic acids is 1. The summed E-state index contributed by atoms with van der Waals surface area (Å²) < 4.78 is 4.89. The number of aliphatic hydroxyl groups excluding tert-OH is 1. The van der Waals surface area contributed by atoms with E-state index in [4.69, 9.17) is 15.1 Å². The quantitative estimate of drug-likeness (QED) is 0.580. The van der Waals surface area contributed by atoms with Crippen molar-refractivity contribution in [3.05, 3.63) is 17.7 Å². The molecule has 0 amide bonds. The monoisotopic (exact) mass is 267 g/mol. The zero-order valence-corrected chi connectivity index (χ0v) is 11.5. The van der Waals surface area contributed by atoms with Crippen molar-refractivity contribution < 1.29 is 14.6 Å². The summed E-state index contributed by atoms with van der Waals surface area (Å²) in [7, 11) is 0. The van der Waals surface area contributed by atoms with Crippen molar-refractivity contribution >= 4 is 5.97 Å². The van der Waals surface area contributed by atoms with Crippen molar-refractivity contribution in [3.63, 3.8) is 0 Å². The van der Waals surface area contributed by atoms with Crippen molar-refractivity contribution in [1.29, 1.82) is 5.26 Å². The molecule has 0 aliphatic carbocycles. The van der Waals surface area contributed by atoms with Crippen molar-refractivity contribution in [1.82, 2.24) is 9.97 Å². The first kappa shape index (κ1) is 17.1. The third kappa shape index (κ3) is 7.21. The first-order valence-corrected chi connectivity index (χ1v) is 6.32. The molecule has 6 nitrogen and oxygen atoms in total. The second-order valence-electron chi connectivity index (χ2n) is 3.71. The van der Waals surface area contributed by atoms with Gasteiger partial charge in [0.05, 0.1) is 19.0 Å². The lowest BCUT2D eigenvalue weighted by Crippen LogP contribution is -2.08. The molecule has 0 radical (unpaired) electrons. The van der Waals surface area contributed by atoms with Gasteiger partial charge >= 0.3 is 5.97 Å². The molecule has 0 unspecified atom stereocenters. The standard InChI is InChI=1S/C11H18N2O3.C2H3N/c1-2-16-11(15)10-9(12-8-13-10)6-4-3-5-7-14;1-2-3/h8,14H,2-7H2,1H3,(H,12,13);1H3. The number of nitrogens with zero attached hydrogens (tertiary/aromatic N) is 2. The molecule has 1 aromatic rings. The summed E-state index contributed by atoms with van der Waals surface area (Å²) in [6.07, 6.45) is 4.93. The van der Waals surface area contributed by atoms with E-state index in [9.17, 15) is 4.79 Å². The van der Waals surface area contributed by atoms with Gasteiger partial charge in [0, 0.05) is 19.2 Å². The van der Waals surface area contributed by atoms with E-state index < -0.39 is 0 Å². The van der Waals surface area contributed by atoms with Gasteiger partial charge in [-0.05, 0) is 26.2 Å². The van der Waals surface area contributed by atoms with E-state index in [2.05, 4.69) is 9.97 Å². The summed E-state index contributed by atoms with van der Waals surface area (Å²) in [5.41, 5.74) is 1.20. The smallest absolute Gasteiger partial charge is 0.358 e. The fraction of sp³-hybridized carbons (Fsp3) is 0.615. The van der Waals surface area contributed by atoms with E-state index >= 15 is 0 Å². The van der Waals surface area contributed by atoms with E-state index in [1.54, 1.807) is 13.0 Å². The van der Waals surface area contributed by atoms with Crippen LogP contribution in [0.15, 0.2) is 6.33 Å². The Hall–Kier alpha value is -1.87. The second kappa shape index (κ2) is 11.2. The Bertz CT molecular complexity index is 396. The highest BCUT2D eigenvalue weighted by molar-refractivity contribution is 5.88. The maximum Gasteiger partial charge on any atom is 0.358 e. The van der Waals surface area contributed by atoms with Gasteiger partial charge in [-0.15, -0.1) is 0 Å². The summed E-state index contributed by atoms with van der Waals surface area (Å²) in [6.45, 7) is 3.77. The molecule has 0 aliphatic heterocycles. The number of esters is 1. The van der Waals surface area contributed by atoms with Crippen LogP contribution in [0.3, 0.4) is 0 Å². The van der Waals surface area contributed by atoms with Crippen LogP contribution in [0.2, 0.25) is 0 Å². The van der Waals surface area contributed by atoms with E-state index in [0.29, 0.717) is 12.3 Å². The van der Waals surface area contributed by atoms with Crippen LogP contribution in [0.4, 0.5) is 0 Å². The number of hydrogen-bond donors (Lipinski definition) is 2. The third-order valence-corrected chi connectivity index (χ3v) is 2.27. The maximum atomic E-state index is 11.5.